The Hall–Kier alpha value is -2.69. The molecule has 0 saturated heterocycles. The fraction of sp³-hybridized carbons (Fsp3) is 0.176. The number of para-hydroxylation sites is 1. The van der Waals surface area contributed by atoms with Gasteiger partial charge in [0, 0.05) is 0 Å². The van der Waals surface area contributed by atoms with Gasteiger partial charge in [0.2, 0.25) is 0 Å². The molecule has 0 bridgehead atoms. The van der Waals surface area contributed by atoms with Gasteiger partial charge in [-0.25, -0.2) is 9.82 Å². The van der Waals surface area contributed by atoms with E-state index in [-0.39, 0.29) is 12.4 Å². The average Bonchev–Trinajstić information content (AvgIpc) is 2.55. The van der Waals surface area contributed by atoms with Crippen LogP contribution in [0.1, 0.15) is 18.1 Å². The van der Waals surface area contributed by atoms with Crippen LogP contribution >= 0.6 is 0 Å². The predicted molar refractivity (Wildman–Crippen MR) is 83.5 cm³/mol. The van der Waals surface area contributed by atoms with Crippen LogP contribution in [0.15, 0.2) is 53.6 Å². The number of hydrazone groups is 1. The molecule has 0 heterocycles. The van der Waals surface area contributed by atoms with Crippen molar-refractivity contribution in [2.75, 3.05) is 6.61 Å². The minimum Gasteiger partial charge on any atom is -0.481 e. The Balaban J connectivity index is 1.79. The highest BCUT2D eigenvalue weighted by Crippen LogP contribution is 2.14. The van der Waals surface area contributed by atoms with E-state index in [4.69, 9.17) is 4.74 Å². The molecular weight excluding hydrogens is 283 g/mol. The fourth-order valence-electron chi connectivity index (χ4n) is 1.76. The normalized spacial score (nSPS) is 10.6. The summed E-state index contributed by atoms with van der Waals surface area (Å²) in [5, 5.41) is 3.83. The molecule has 0 spiro atoms. The number of aryl methyl sites for hydroxylation is 1. The number of hydrogen-bond donors (Lipinski definition) is 1. The van der Waals surface area contributed by atoms with Crippen LogP contribution in [-0.2, 0) is 11.2 Å². The second-order valence-corrected chi connectivity index (χ2v) is 4.61. The van der Waals surface area contributed by atoms with Crippen LogP contribution in [0.25, 0.3) is 0 Å². The summed E-state index contributed by atoms with van der Waals surface area (Å²) in [6.45, 7) is 1.78. The monoisotopic (exact) mass is 300 g/mol. The Labute approximate surface area is 128 Å². The summed E-state index contributed by atoms with van der Waals surface area (Å²) in [5.74, 6) is -0.920. The minimum absolute atomic E-state index is 0.0387. The lowest BCUT2D eigenvalue weighted by Crippen LogP contribution is -2.24. The van der Waals surface area contributed by atoms with Crippen molar-refractivity contribution in [1.82, 2.24) is 5.43 Å². The standard InChI is InChI=1S/C17H17FN2O2/c1-2-13-7-9-14(10-8-13)11-19-20-17(21)12-22-16-6-4-3-5-15(16)18/h3-11H,2,12H2,1H3,(H,20,21)/b19-11+. The van der Waals surface area contributed by atoms with Crippen molar-refractivity contribution in [2.24, 2.45) is 5.10 Å². The molecule has 0 radical (unpaired) electrons. The van der Waals surface area contributed by atoms with Crippen LogP contribution in [-0.4, -0.2) is 18.7 Å². The highest BCUT2D eigenvalue weighted by molar-refractivity contribution is 5.82. The highest BCUT2D eigenvalue weighted by atomic mass is 19.1. The van der Waals surface area contributed by atoms with Crippen molar-refractivity contribution in [2.45, 2.75) is 13.3 Å². The SMILES string of the molecule is CCc1ccc(/C=N/NC(=O)COc2ccccc2F)cc1. The molecule has 4 nitrogen and oxygen atoms in total. The van der Waals surface area contributed by atoms with E-state index in [0.29, 0.717) is 0 Å². The summed E-state index contributed by atoms with van der Waals surface area (Å²) in [7, 11) is 0. The van der Waals surface area contributed by atoms with Gasteiger partial charge in [-0.15, -0.1) is 0 Å². The lowest BCUT2D eigenvalue weighted by Gasteiger charge is -2.05. The van der Waals surface area contributed by atoms with Crippen molar-refractivity contribution < 1.29 is 13.9 Å². The van der Waals surface area contributed by atoms with Gasteiger partial charge in [-0.1, -0.05) is 43.3 Å². The van der Waals surface area contributed by atoms with Crippen LogP contribution in [0.2, 0.25) is 0 Å². The lowest BCUT2D eigenvalue weighted by molar-refractivity contribution is -0.123. The van der Waals surface area contributed by atoms with Gasteiger partial charge in [0.05, 0.1) is 6.21 Å². The Bertz CT molecular complexity index is 654. The van der Waals surface area contributed by atoms with Crippen LogP contribution in [0.5, 0.6) is 5.75 Å². The topological polar surface area (TPSA) is 50.7 Å². The molecule has 0 fully saturated rings. The number of amides is 1. The van der Waals surface area contributed by atoms with Gasteiger partial charge in [0.25, 0.3) is 5.91 Å². The van der Waals surface area contributed by atoms with Gasteiger partial charge in [-0.05, 0) is 29.7 Å². The van der Waals surface area contributed by atoms with E-state index in [1.807, 2.05) is 24.3 Å². The van der Waals surface area contributed by atoms with E-state index in [2.05, 4.69) is 17.5 Å². The van der Waals surface area contributed by atoms with Crippen LogP contribution in [0.3, 0.4) is 0 Å². The van der Waals surface area contributed by atoms with Crippen molar-refractivity contribution >= 4 is 12.1 Å². The van der Waals surface area contributed by atoms with Crippen molar-refractivity contribution in [3.05, 3.63) is 65.5 Å². The second-order valence-electron chi connectivity index (χ2n) is 4.61. The van der Waals surface area contributed by atoms with E-state index in [0.717, 1.165) is 12.0 Å². The zero-order chi connectivity index (χ0) is 15.8. The van der Waals surface area contributed by atoms with Gasteiger partial charge < -0.3 is 4.74 Å². The number of benzene rings is 2. The van der Waals surface area contributed by atoms with E-state index < -0.39 is 11.7 Å². The van der Waals surface area contributed by atoms with Crippen LogP contribution in [0, 0.1) is 5.82 Å². The first-order chi connectivity index (χ1) is 10.7. The summed E-state index contributed by atoms with van der Waals surface area (Å²) in [6.07, 6.45) is 2.52. The first-order valence-electron chi connectivity index (χ1n) is 6.97. The van der Waals surface area contributed by atoms with Gasteiger partial charge >= 0.3 is 0 Å². The maximum absolute atomic E-state index is 13.3. The third kappa shape index (κ3) is 4.70. The molecule has 114 valence electrons. The molecular formula is C17H17FN2O2. The number of nitrogens with zero attached hydrogens (tertiary/aromatic N) is 1. The Morgan fingerprint density at radius 2 is 1.95 bits per heavy atom. The molecule has 2 rings (SSSR count). The van der Waals surface area contributed by atoms with Crippen molar-refractivity contribution in [1.29, 1.82) is 0 Å². The molecule has 1 amide bonds. The molecule has 2 aromatic carbocycles. The van der Waals surface area contributed by atoms with E-state index >= 15 is 0 Å². The second kappa shape index (κ2) is 7.93. The lowest BCUT2D eigenvalue weighted by atomic mass is 10.1. The molecule has 0 aliphatic rings. The van der Waals surface area contributed by atoms with Gasteiger partial charge in [-0.2, -0.15) is 5.10 Å². The zero-order valence-electron chi connectivity index (χ0n) is 12.3. The number of ether oxygens (including phenoxy) is 1. The molecule has 0 aliphatic carbocycles. The number of carbonyl (C=O) groups is 1. The molecule has 0 aliphatic heterocycles. The van der Waals surface area contributed by atoms with Crippen LogP contribution in [0.4, 0.5) is 4.39 Å². The molecule has 0 aromatic heterocycles. The Morgan fingerprint density at radius 3 is 2.64 bits per heavy atom. The van der Waals surface area contributed by atoms with Gasteiger partial charge in [0.15, 0.2) is 18.2 Å². The smallest absolute Gasteiger partial charge is 0.277 e. The third-order valence-corrected chi connectivity index (χ3v) is 2.99. The maximum atomic E-state index is 13.3. The van der Waals surface area contributed by atoms with E-state index in [1.165, 1.54) is 17.7 Å². The molecule has 5 heteroatoms. The molecule has 0 atom stereocenters. The highest BCUT2D eigenvalue weighted by Gasteiger charge is 2.05. The summed E-state index contributed by atoms with van der Waals surface area (Å²) < 4.78 is 18.4. The molecule has 1 N–H and O–H groups in total. The summed E-state index contributed by atoms with van der Waals surface area (Å²) in [4.78, 5) is 11.5. The molecule has 0 saturated carbocycles. The number of nitrogens with one attached hydrogen (secondary N) is 1. The maximum Gasteiger partial charge on any atom is 0.277 e. The largest absolute Gasteiger partial charge is 0.481 e. The number of carbonyl (C=O) groups excluding carboxylic acids is 1. The first-order valence-corrected chi connectivity index (χ1v) is 6.97. The average molecular weight is 300 g/mol. The summed E-state index contributed by atoms with van der Waals surface area (Å²) in [5.41, 5.74) is 4.45. The Kier molecular flexibility index (Phi) is 5.65. The van der Waals surface area contributed by atoms with E-state index in [9.17, 15) is 9.18 Å². The predicted octanol–water partition coefficient (Wildman–Crippen LogP) is 2.92. The Morgan fingerprint density at radius 1 is 1.23 bits per heavy atom. The summed E-state index contributed by atoms with van der Waals surface area (Å²) in [6, 6.07) is 13.8. The number of hydrogen-bond acceptors (Lipinski definition) is 3. The number of halogens is 1. The molecule has 2 aromatic rings. The quantitative estimate of drug-likeness (QED) is 0.659. The summed E-state index contributed by atoms with van der Waals surface area (Å²) >= 11 is 0. The van der Waals surface area contributed by atoms with Gasteiger partial charge in [-0.3, -0.25) is 4.79 Å². The molecule has 22 heavy (non-hydrogen) atoms. The fourth-order valence-corrected chi connectivity index (χ4v) is 1.76. The first kappa shape index (κ1) is 15.7. The van der Waals surface area contributed by atoms with Crippen LogP contribution < -0.4 is 10.2 Å². The van der Waals surface area contributed by atoms with Crippen molar-refractivity contribution in [3.8, 4) is 5.75 Å². The van der Waals surface area contributed by atoms with Gasteiger partial charge in [0.1, 0.15) is 0 Å². The van der Waals surface area contributed by atoms with E-state index in [1.54, 1.807) is 18.3 Å². The zero-order valence-corrected chi connectivity index (χ0v) is 12.3. The number of rotatable bonds is 6. The minimum atomic E-state index is -0.505. The molecule has 0 unspecified atom stereocenters. The third-order valence-electron chi connectivity index (χ3n) is 2.99. The van der Waals surface area contributed by atoms with Crippen molar-refractivity contribution in [3.63, 3.8) is 0 Å².